The third-order valence-corrected chi connectivity index (χ3v) is 11.4. The van der Waals surface area contributed by atoms with Crippen LogP contribution in [0, 0.1) is 33.2 Å². The number of hydrogen-bond acceptors (Lipinski definition) is 8. The molecule has 4 amide bonds. The number of amides is 4. The minimum Gasteiger partial charge on any atom is -0.508 e. The van der Waals surface area contributed by atoms with E-state index >= 15 is 0 Å². The summed E-state index contributed by atoms with van der Waals surface area (Å²) in [6, 6.07) is 16.8. The maximum absolute atomic E-state index is 14.2. The lowest BCUT2D eigenvalue weighted by molar-refractivity contribution is -0.142. The van der Waals surface area contributed by atoms with Crippen LogP contribution in [0.25, 0.3) is 0 Å². The molecule has 0 radical (unpaired) electrons. The van der Waals surface area contributed by atoms with E-state index in [-0.39, 0.29) is 66.1 Å². The molecule has 1 saturated carbocycles. The molecule has 4 aliphatic rings. The van der Waals surface area contributed by atoms with Crippen molar-refractivity contribution in [1.29, 1.82) is 0 Å². The smallest absolute Gasteiger partial charge is 0.234 e. The number of ether oxygens (including phenoxy) is 1. The summed E-state index contributed by atoms with van der Waals surface area (Å²) in [5, 5.41) is 30.0. The number of carbonyl (C=O) groups excluding carboxylic acids is 4. The Hall–Kier alpha value is -4.39. The van der Waals surface area contributed by atoms with E-state index in [1.165, 1.54) is 16.9 Å². The van der Waals surface area contributed by atoms with Crippen molar-refractivity contribution >= 4 is 46.2 Å². The van der Waals surface area contributed by atoms with Gasteiger partial charge in [-0.05, 0) is 107 Å². The quantitative estimate of drug-likeness (QED) is 0.173. The zero-order valence-electron chi connectivity index (χ0n) is 26.2. The highest BCUT2D eigenvalue weighted by Crippen LogP contribution is 2.58. The largest absolute Gasteiger partial charge is 0.508 e. The van der Waals surface area contributed by atoms with Gasteiger partial charge in [0, 0.05) is 19.0 Å². The van der Waals surface area contributed by atoms with Gasteiger partial charge >= 0.3 is 0 Å². The second-order valence-corrected chi connectivity index (χ2v) is 14.2. The molecule has 2 aliphatic carbocycles. The summed E-state index contributed by atoms with van der Waals surface area (Å²) < 4.78 is 6.01. The number of methoxy groups -OCH3 is 1. The molecule has 6 atom stereocenters. The van der Waals surface area contributed by atoms with Crippen molar-refractivity contribution in [2.24, 2.45) is 29.6 Å². The van der Waals surface area contributed by atoms with Crippen molar-refractivity contribution in [2.75, 3.05) is 20.2 Å². The Kier molecular flexibility index (Phi) is 8.42. The molecule has 7 rings (SSSR count). The zero-order chi connectivity index (χ0) is 33.9. The summed E-state index contributed by atoms with van der Waals surface area (Å²) in [7, 11) is 1.46. The number of phenols is 3. The molecule has 48 heavy (non-hydrogen) atoms. The average Bonchev–Trinajstić information content (AvgIpc) is 3.47. The van der Waals surface area contributed by atoms with Crippen LogP contribution in [0.4, 0.5) is 0 Å². The van der Waals surface area contributed by atoms with Crippen molar-refractivity contribution < 1.29 is 39.2 Å². The molecule has 0 spiro atoms. The number of phenolic OH excluding ortho intramolecular Hbond substituents is 3. The van der Waals surface area contributed by atoms with Gasteiger partial charge in [0.15, 0.2) is 11.5 Å². The lowest BCUT2D eigenvalue weighted by atomic mass is 9.57. The molecule has 3 N–H and O–H groups in total. The van der Waals surface area contributed by atoms with Crippen LogP contribution < -0.4 is 4.74 Å². The van der Waals surface area contributed by atoms with Gasteiger partial charge in [-0.3, -0.25) is 29.0 Å². The van der Waals surface area contributed by atoms with E-state index in [1.54, 1.807) is 60.7 Å². The van der Waals surface area contributed by atoms with Gasteiger partial charge < -0.3 is 20.1 Å². The molecule has 248 valence electrons. The van der Waals surface area contributed by atoms with Crippen LogP contribution in [-0.2, 0) is 32.0 Å². The Morgan fingerprint density at radius 2 is 1.27 bits per heavy atom. The number of carbonyl (C=O) groups is 4. The number of benzene rings is 3. The van der Waals surface area contributed by atoms with E-state index in [0.29, 0.717) is 28.4 Å². The van der Waals surface area contributed by atoms with E-state index in [2.05, 4.69) is 0 Å². The van der Waals surface area contributed by atoms with Crippen molar-refractivity contribution in [3.63, 3.8) is 0 Å². The fraction of sp³-hybridized carbons (Fsp3) is 0.351. The molecule has 3 fully saturated rings. The maximum Gasteiger partial charge on any atom is 0.234 e. The number of halogens is 1. The summed E-state index contributed by atoms with van der Waals surface area (Å²) in [6.07, 6.45) is 3.51. The Morgan fingerprint density at radius 1 is 0.729 bits per heavy atom. The van der Waals surface area contributed by atoms with E-state index < -0.39 is 35.5 Å². The Balaban J connectivity index is 1.23. The second-order valence-electron chi connectivity index (χ2n) is 13.1. The Bertz CT molecular complexity index is 1840. The highest BCUT2D eigenvalue weighted by molar-refractivity contribution is 14.1. The van der Waals surface area contributed by atoms with Gasteiger partial charge in [-0.1, -0.05) is 35.9 Å². The van der Waals surface area contributed by atoms with Crippen LogP contribution in [-0.4, -0.2) is 68.9 Å². The first-order valence-corrected chi connectivity index (χ1v) is 17.2. The molecule has 2 aliphatic heterocycles. The first-order valence-electron chi connectivity index (χ1n) is 16.1. The third kappa shape index (κ3) is 5.41. The van der Waals surface area contributed by atoms with Gasteiger partial charge in [0.2, 0.25) is 23.6 Å². The monoisotopic (exact) mass is 762 g/mol. The van der Waals surface area contributed by atoms with E-state index in [1.807, 2.05) is 28.7 Å². The number of hydrogen-bond donors (Lipinski definition) is 3. The minimum absolute atomic E-state index is 0.0198. The lowest BCUT2D eigenvalue weighted by Gasteiger charge is -2.44. The zero-order valence-corrected chi connectivity index (χ0v) is 28.4. The molecule has 0 bridgehead atoms. The summed E-state index contributed by atoms with van der Waals surface area (Å²) in [6.45, 7) is 0.388. The molecule has 11 heteroatoms. The molecular weight excluding hydrogens is 727 g/mol. The van der Waals surface area contributed by atoms with Gasteiger partial charge in [0.25, 0.3) is 0 Å². The van der Waals surface area contributed by atoms with Gasteiger partial charge in [-0.15, -0.1) is 0 Å². The van der Waals surface area contributed by atoms with E-state index in [0.717, 1.165) is 16.7 Å². The average molecular weight is 763 g/mol. The number of rotatable bonds is 8. The minimum atomic E-state index is -0.709. The topological polar surface area (TPSA) is 145 Å². The Morgan fingerprint density at radius 3 is 1.83 bits per heavy atom. The van der Waals surface area contributed by atoms with Gasteiger partial charge in [-0.25, -0.2) is 0 Å². The summed E-state index contributed by atoms with van der Waals surface area (Å²) in [5.74, 6) is -4.09. The van der Waals surface area contributed by atoms with Crippen LogP contribution in [0.3, 0.4) is 0 Å². The summed E-state index contributed by atoms with van der Waals surface area (Å²) in [4.78, 5) is 58.8. The SMILES string of the molecule is COc1cc(C2C3=CCC4C(=O)N(CCc5ccc(O)cc5)C(=O)C4C3CC3C(=O)N(CCc4ccc(O)cc4)C(=O)C32)cc(I)c1O. The highest BCUT2D eigenvalue weighted by atomic mass is 127. The normalized spacial score (nSPS) is 26.3. The van der Waals surface area contributed by atoms with Crippen molar-refractivity contribution in [2.45, 2.75) is 31.6 Å². The number of nitrogens with zero attached hydrogens (tertiary/aromatic N) is 2. The van der Waals surface area contributed by atoms with E-state index in [4.69, 9.17) is 4.74 Å². The first-order chi connectivity index (χ1) is 23.1. The van der Waals surface area contributed by atoms with Crippen LogP contribution in [0.15, 0.2) is 72.3 Å². The molecule has 10 nitrogen and oxygen atoms in total. The predicted octanol–water partition coefficient (Wildman–Crippen LogP) is 4.54. The first kappa shape index (κ1) is 32.2. The maximum atomic E-state index is 14.2. The standard InChI is InChI=1S/C37H35IN2O8/c1-48-29-17-21(16-28(38)33(29)43)30-24-10-11-25-31(36(46)39(34(25)44)14-12-19-2-6-22(41)7-3-19)26(24)18-27-32(30)37(47)40(35(27)45)15-13-20-4-8-23(42)9-5-20/h2-10,16-17,25-27,30-32,41-43H,11-15,18H2,1H3. The van der Waals surface area contributed by atoms with Crippen LogP contribution >= 0.6 is 22.6 Å². The van der Waals surface area contributed by atoms with Crippen LogP contribution in [0.2, 0.25) is 0 Å². The summed E-state index contributed by atoms with van der Waals surface area (Å²) >= 11 is 2.02. The Labute approximate surface area is 291 Å². The molecular formula is C37H35IN2O8. The van der Waals surface area contributed by atoms with Gasteiger partial charge in [-0.2, -0.15) is 0 Å². The second kappa shape index (κ2) is 12.6. The number of imide groups is 2. The molecule has 2 heterocycles. The molecule has 3 aromatic carbocycles. The van der Waals surface area contributed by atoms with Crippen molar-refractivity contribution in [1.82, 2.24) is 9.80 Å². The van der Waals surface area contributed by atoms with E-state index in [9.17, 15) is 34.5 Å². The number of likely N-dealkylation sites (tertiary alicyclic amines) is 2. The number of fused-ring (bicyclic) bond motifs is 4. The van der Waals surface area contributed by atoms with Crippen LogP contribution in [0.1, 0.15) is 35.4 Å². The predicted molar refractivity (Wildman–Crippen MR) is 182 cm³/mol. The summed E-state index contributed by atoms with van der Waals surface area (Å²) in [5.41, 5.74) is 3.35. The molecule has 2 saturated heterocycles. The van der Waals surface area contributed by atoms with Gasteiger partial charge in [0.05, 0.1) is 34.4 Å². The molecule has 0 aromatic heterocycles. The third-order valence-electron chi connectivity index (χ3n) is 10.6. The van der Waals surface area contributed by atoms with Crippen LogP contribution in [0.5, 0.6) is 23.0 Å². The molecule has 3 aromatic rings. The fourth-order valence-electron chi connectivity index (χ4n) is 8.27. The van der Waals surface area contributed by atoms with Gasteiger partial charge in [0.1, 0.15) is 11.5 Å². The number of aromatic hydroxyl groups is 3. The highest BCUT2D eigenvalue weighted by Gasteiger charge is 2.61. The van der Waals surface area contributed by atoms with Crippen molar-refractivity contribution in [3.05, 3.63) is 92.6 Å². The fourth-order valence-corrected chi connectivity index (χ4v) is 8.90. The molecule has 6 unspecified atom stereocenters. The lowest BCUT2D eigenvalue weighted by Crippen LogP contribution is -2.43. The van der Waals surface area contributed by atoms with Crippen molar-refractivity contribution in [3.8, 4) is 23.0 Å². The number of allylic oxidation sites excluding steroid dienone is 2.